The van der Waals surface area contributed by atoms with Crippen LogP contribution in [0, 0.1) is 6.92 Å². The van der Waals surface area contributed by atoms with E-state index in [9.17, 15) is 9.59 Å². The number of nitrogens with zero attached hydrogens (tertiary/aromatic N) is 4. The van der Waals surface area contributed by atoms with Gasteiger partial charge < -0.3 is 15.1 Å². The Kier molecular flexibility index (Phi) is 7.41. The lowest BCUT2D eigenvalue weighted by atomic mass is 10.2. The fourth-order valence-corrected chi connectivity index (χ4v) is 5.43. The number of aromatic nitrogens is 2. The molecule has 1 aliphatic heterocycles. The second-order valence-electron chi connectivity index (χ2n) is 9.27. The fraction of sp³-hybridized carbons (Fsp3) is 0.100. The van der Waals surface area contributed by atoms with Gasteiger partial charge in [0.05, 0.1) is 11.9 Å². The third-order valence-corrected chi connectivity index (χ3v) is 7.94. The second-order valence-corrected chi connectivity index (χ2v) is 10.9. The molecular formula is C30H23ClN6O3S. The van der Waals surface area contributed by atoms with Crippen LogP contribution in [0.4, 0.5) is 5.69 Å². The molecule has 0 saturated carbocycles. The molecule has 2 amide bonds. The van der Waals surface area contributed by atoms with E-state index in [-0.39, 0.29) is 18.2 Å². The predicted molar refractivity (Wildman–Crippen MR) is 163 cm³/mol. The molecule has 3 aromatic carbocycles. The Labute approximate surface area is 244 Å². The predicted octanol–water partition coefficient (Wildman–Crippen LogP) is 6.20. The quantitative estimate of drug-likeness (QED) is 0.175. The van der Waals surface area contributed by atoms with Crippen LogP contribution in [-0.2, 0) is 9.59 Å². The Hall–Kier alpha value is -4.67. The van der Waals surface area contributed by atoms with Crippen molar-refractivity contribution >= 4 is 63.2 Å². The van der Waals surface area contributed by atoms with E-state index >= 15 is 0 Å². The standard InChI is InChI=1S/C30H23ClN6O3S/c1-18-22(31)11-7-12-23(18)33-27(38)15-26-29(39)34-30(41-26)35-32-16-20-17-37(21-9-3-2-4-10-21)36-28(20)25-14-19-8-5-6-13-24(19)40-25/h2-14,16-17,26H,15H2,1H3,(H,33,38)(H,34,35,39). The highest BCUT2D eigenvalue weighted by molar-refractivity contribution is 8.15. The average molecular weight is 583 g/mol. The van der Waals surface area contributed by atoms with Crippen LogP contribution >= 0.6 is 23.4 Å². The summed E-state index contributed by atoms with van der Waals surface area (Å²) < 4.78 is 7.82. The van der Waals surface area contributed by atoms with Gasteiger partial charge >= 0.3 is 0 Å². The Balaban J connectivity index is 1.20. The summed E-state index contributed by atoms with van der Waals surface area (Å²) in [5.41, 5.74) is 4.29. The van der Waals surface area contributed by atoms with E-state index < -0.39 is 5.25 Å². The molecule has 0 spiro atoms. The number of hydrogen-bond donors (Lipinski definition) is 2. The van der Waals surface area contributed by atoms with Crippen molar-refractivity contribution in [1.29, 1.82) is 0 Å². The molecule has 1 aliphatic rings. The number of para-hydroxylation sites is 2. The molecule has 2 aromatic heterocycles. The first kappa shape index (κ1) is 26.5. The van der Waals surface area contributed by atoms with E-state index in [2.05, 4.69) is 20.8 Å². The van der Waals surface area contributed by atoms with E-state index in [1.54, 1.807) is 29.1 Å². The number of halogens is 1. The molecule has 3 heterocycles. The van der Waals surface area contributed by atoms with Gasteiger partial charge in [0, 0.05) is 34.3 Å². The zero-order valence-electron chi connectivity index (χ0n) is 21.7. The zero-order valence-corrected chi connectivity index (χ0v) is 23.3. The van der Waals surface area contributed by atoms with E-state index in [1.165, 1.54) is 0 Å². The van der Waals surface area contributed by atoms with Gasteiger partial charge in [-0.2, -0.15) is 10.2 Å². The summed E-state index contributed by atoms with van der Waals surface area (Å²) in [6.07, 6.45) is 3.38. The van der Waals surface area contributed by atoms with Gasteiger partial charge in [-0.15, -0.1) is 5.10 Å². The number of thioether (sulfide) groups is 1. The van der Waals surface area contributed by atoms with Crippen molar-refractivity contribution in [1.82, 2.24) is 15.1 Å². The summed E-state index contributed by atoms with van der Waals surface area (Å²) >= 11 is 7.29. The topological polar surface area (TPSA) is 114 Å². The molecule has 204 valence electrons. The van der Waals surface area contributed by atoms with Gasteiger partial charge in [0.1, 0.15) is 16.5 Å². The number of rotatable bonds is 7. The monoisotopic (exact) mass is 582 g/mol. The molecular weight excluding hydrogens is 560 g/mol. The minimum atomic E-state index is -0.629. The Morgan fingerprint density at radius 2 is 1.95 bits per heavy atom. The highest BCUT2D eigenvalue weighted by Gasteiger charge is 2.32. The number of hydrogen-bond acceptors (Lipinski definition) is 7. The van der Waals surface area contributed by atoms with Gasteiger partial charge in [0.15, 0.2) is 10.9 Å². The summed E-state index contributed by atoms with van der Waals surface area (Å²) in [5.74, 6) is -0.00195. The summed E-state index contributed by atoms with van der Waals surface area (Å²) in [4.78, 5) is 25.1. The maximum atomic E-state index is 12.6. The normalized spacial score (nSPS) is 16.1. The summed E-state index contributed by atoms with van der Waals surface area (Å²) in [6.45, 7) is 1.82. The van der Waals surface area contributed by atoms with Crippen molar-refractivity contribution in [2.24, 2.45) is 10.2 Å². The number of anilines is 1. The molecule has 1 unspecified atom stereocenters. The second kappa shape index (κ2) is 11.4. The van der Waals surface area contributed by atoms with Crippen molar-refractivity contribution < 1.29 is 14.0 Å². The highest BCUT2D eigenvalue weighted by Crippen LogP contribution is 2.30. The first-order valence-electron chi connectivity index (χ1n) is 12.7. The third kappa shape index (κ3) is 5.79. The molecule has 0 bridgehead atoms. The van der Waals surface area contributed by atoms with Crippen LogP contribution in [0.2, 0.25) is 5.02 Å². The van der Waals surface area contributed by atoms with Crippen molar-refractivity contribution in [3.05, 3.63) is 101 Å². The van der Waals surface area contributed by atoms with E-state index in [0.29, 0.717) is 32.9 Å². The van der Waals surface area contributed by atoms with Crippen LogP contribution in [0.1, 0.15) is 17.5 Å². The van der Waals surface area contributed by atoms with Gasteiger partial charge in [0.25, 0.3) is 0 Å². The molecule has 1 atom stereocenters. The third-order valence-electron chi connectivity index (χ3n) is 6.46. The molecule has 0 aliphatic carbocycles. The minimum Gasteiger partial charge on any atom is -0.454 e. The SMILES string of the molecule is Cc1c(Cl)cccc1NC(=O)CC1SC(=NN=Cc2cn(-c3ccccc3)nc2-c2cc3ccccc3o2)NC1=O. The van der Waals surface area contributed by atoms with Crippen LogP contribution < -0.4 is 10.6 Å². The van der Waals surface area contributed by atoms with E-state index in [0.717, 1.165) is 34.0 Å². The number of fused-ring (bicyclic) bond motifs is 1. The number of carbonyl (C=O) groups is 2. The van der Waals surface area contributed by atoms with Gasteiger partial charge in [-0.05, 0) is 48.9 Å². The molecule has 11 heteroatoms. The van der Waals surface area contributed by atoms with Gasteiger partial charge in [-0.3, -0.25) is 9.59 Å². The molecule has 9 nitrogen and oxygen atoms in total. The van der Waals surface area contributed by atoms with Gasteiger partial charge in [-0.1, -0.05) is 65.8 Å². The van der Waals surface area contributed by atoms with Crippen LogP contribution in [-0.4, -0.2) is 38.2 Å². The average Bonchev–Trinajstić information content (AvgIpc) is 3.68. The number of furan rings is 1. The van der Waals surface area contributed by atoms with Gasteiger partial charge in [0.2, 0.25) is 11.8 Å². The lowest BCUT2D eigenvalue weighted by molar-refractivity contribution is -0.122. The maximum absolute atomic E-state index is 12.6. The summed E-state index contributed by atoms with van der Waals surface area (Å²) in [7, 11) is 0. The molecule has 1 fully saturated rings. The summed E-state index contributed by atoms with van der Waals surface area (Å²) in [5, 5.41) is 19.9. The number of carbonyl (C=O) groups excluding carboxylic acids is 2. The van der Waals surface area contributed by atoms with Crippen molar-refractivity contribution in [3.63, 3.8) is 0 Å². The first-order chi connectivity index (χ1) is 19.9. The van der Waals surface area contributed by atoms with Crippen LogP contribution in [0.15, 0.2) is 99.7 Å². The Morgan fingerprint density at radius 3 is 2.78 bits per heavy atom. The molecule has 1 saturated heterocycles. The fourth-order valence-electron chi connectivity index (χ4n) is 4.33. The molecule has 0 radical (unpaired) electrons. The van der Waals surface area contributed by atoms with Crippen molar-refractivity contribution in [2.45, 2.75) is 18.6 Å². The highest BCUT2D eigenvalue weighted by atomic mass is 35.5. The number of amides is 2. The number of benzene rings is 3. The first-order valence-corrected chi connectivity index (χ1v) is 14.0. The largest absolute Gasteiger partial charge is 0.454 e. The van der Waals surface area contributed by atoms with E-state index in [4.69, 9.17) is 21.1 Å². The molecule has 6 rings (SSSR count). The summed E-state index contributed by atoms with van der Waals surface area (Å²) in [6, 6.07) is 24.7. The van der Waals surface area contributed by atoms with Gasteiger partial charge in [-0.25, -0.2) is 4.68 Å². The van der Waals surface area contributed by atoms with Crippen LogP contribution in [0.25, 0.3) is 28.1 Å². The van der Waals surface area contributed by atoms with Crippen LogP contribution in [0.3, 0.4) is 0 Å². The lowest BCUT2D eigenvalue weighted by Crippen LogP contribution is -2.28. The Morgan fingerprint density at radius 1 is 1.15 bits per heavy atom. The smallest absolute Gasteiger partial charge is 0.240 e. The Bertz CT molecular complexity index is 1800. The van der Waals surface area contributed by atoms with E-state index in [1.807, 2.05) is 73.8 Å². The van der Waals surface area contributed by atoms with Crippen molar-refractivity contribution in [3.8, 4) is 17.1 Å². The maximum Gasteiger partial charge on any atom is 0.240 e. The van der Waals surface area contributed by atoms with Crippen molar-refractivity contribution in [2.75, 3.05) is 5.32 Å². The molecule has 2 N–H and O–H groups in total. The van der Waals surface area contributed by atoms with Crippen LogP contribution in [0.5, 0.6) is 0 Å². The lowest BCUT2D eigenvalue weighted by Gasteiger charge is -2.10. The molecule has 5 aromatic rings. The number of amidine groups is 1. The molecule has 41 heavy (non-hydrogen) atoms. The zero-order chi connectivity index (χ0) is 28.3. The minimum absolute atomic E-state index is 0.0226. The number of nitrogens with one attached hydrogen (secondary N) is 2.